The third-order valence-corrected chi connectivity index (χ3v) is 4.36. The highest BCUT2D eigenvalue weighted by atomic mass is 16.5. The molecule has 2 aromatic rings. The Bertz CT molecular complexity index is 615. The second-order valence-corrected chi connectivity index (χ2v) is 6.25. The van der Waals surface area contributed by atoms with Gasteiger partial charge in [-0.1, -0.05) is 30.3 Å². The van der Waals surface area contributed by atoms with Crippen molar-refractivity contribution < 1.29 is 4.74 Å². The Morgan fingerprint density at radius 1 is 1.18 bits per heavy atom. The fourth-order valence-electron chi connectivity index (χ4n) is 2.84. The lowest BCUT2D eigenvalue weighted by atomic mass is 10.1. The zero-order chi connectivity index (χ0) is 14.8. The van der Waals surface area contributed by atoms with E-state index >= 15 is 0 Å². The Labute approximate surface area is 130 Å². The van der Waals surface area contributed by atoms with Crippen LogP contribution in [0.25, 0.3) is 0 Å². The van der Waals surface area contributed by atoms with E-state index in [0.717, 1.165) is 44.4 Å². The molecule has 1 aromatic carbocycles. The van der Waals surface area contributed by atoms with Gasteiger partial charge in [0.2, 0.25) is 0 Å². The fourth-order valence-corrected chi connectivity index (χ4v) is 2.84. The van der Waals surface area contributed by atoms with Crippen LogP contribution in [0.2, 0.25) is 0 Å². The summed E-state index contributed by atoms with van der Waals surface area (Å²) in [7, 11) is 0. The first-order chi connectivity index (χ1) is 10.9. The lowest BCUT2D eigenvalue weighted by Crippen LogP contribution is -2.19. The average molecular weight is 298 g/mol. The maximum Gasteiger partial charge on any atom is 0.156 e. The Balaban J connectivity index is 1.55. The Morgan fingerprint density at radius 2 is 2.05 bits per heavy atom. The van der Waals surface area contributed by atoms with Gasteiger partial charge in [0.25, 0.3) is 0 Å². The van der Waals surface area contributed by atoms with Crippen LogP contribution in [-0.2, 0) is 17.8 Å². The van der Waals surface area contributed by atoms with Gasteiger partial charge < -0.3 is 10.1 Å². The summed E-state index contributed by atoms with van der Waals surface area (Å²) in [6.07, 6.45) is 3.61. The van der Waals surface area contributed by atoms with Gasteiger partial charge >= 0.3 is 0 Å². The van der Waals surface area contributed by atoms with Gasteiger partial charge in [0.1, 0.15) is 5.82 Å². The van der Waals surface area contributed by atoms with Gasteiger partial charge in [-0.15, -0.1) is 0 Å². The summed E-state index contributed by atoms with van der Waals surface area (Å²) >= 11 is 0. The first-order valence-corrected chi connectivity index (χ1v) is 8.17. The summed E-state index contributed by atoms with van der Waals surface area (Å²) in [6, 6.07) is 11.1. The molecule has 2 aliphatic rings. The zero-order valence-corrected chi connectivity index (χ0v) is 12.7. The van der Waals surface area contributed by atoms with Crippen molar-refractivity contribution in [3.8, 4) is 0 Å². The van der Waals surface area contributed by atoms with Crippen molar-refractivity contribution in [2.75, 3.05) is 13.2 Å². The van der Waals surface area contributed by atoms with Gasteiger partial charge in [0, 0.05) is 18.6 Å². The van der Waals surface area contributed by atoms with Crippen LogP contribution < -0.4 is 5.32 Å². The normalized spacial score (nSPS) is 21.4. The molecule has 1 saturated heterocycles. The number of ether oxygens (including phenoxy) is 1. The smallest absolute Gasteiger partial charge is 0.156 e. The van der Waals surface area contributed by atoms with E-state index in [2.05, 4.69) is 34.3 Å². The van der Waals surface area contributed by atoms with Crippen molar-refractivity contribution in [2.45, 2.75) is 44.3 Å². The SMILES string of the molecule is c1ccc(Cn2nc(C3CCOC3)nc2CNC2CC2)cc1. The minimum atomic E-state index is 0.358. The molecule has 5 nitrogen and oxygen atoms in total. The molecule has 0 bridgehead atoms. The lowest BCUT2D eigenvalue weighted by Gasteiger charge is -2.06. The number of aromatic nitrogens is 3. The topological polar surface area (TPSA) is 52.0 Å². The Hall–Kier alpha value is -1.72. The fraction of sp³-hybridized carbons (Fsp3) is 0.529. The average Bonchev–Trinajstić information content (AvgIpc) is 3.06. The van der Waals surface area contributed by atoms with Gasteiger partial charge in [-0.25, -0.2) is 9.67 Å². The third-order valence-electron chi connectivity index (χ3n) is 4.36. The van der Waals surface area contributed by atoms with Crippen molar-refractivity contribution >= 4 is 0 Å². The predicted molar refractivity (Wildman–Crippen MR) is 83.6 cm³/mol. The molecule has 1 aliphatic carbocycles. The monoisotopic (exact) mass is 298 g/mol. The minimum absolute atomic E-state index is 0.358. The summed E-state index contributed by atoms with van der Waals surface area (Å²) in [5.74, 6) is 2.34. The molecular formula is C17H22N4O. The van der Waals surface area contributed by atoms with Gasteiger partial charge in [0.05, 0.1) is 19.7 Å². The maximum atomic E-state index is 5.48. The third kappa shape index (κ3) is 3.20. The van der Waals surface area contributed by atoms with E-state index < -0.39 is 0 Å². The standard InChI is InChI=1S/C17H22N4O/c1-2-4-13(5-3-1)11-21-16(10-18-15-6-7-15)19-17(20-21)14-8-9-22-12-14/h1-5,14-15,18H,6-12H2. The molecule has 1 unspecified atom stereocenters. The van der Waals surface area contributed by atoms with Crippen LogP contribution in [0, 0.1) is 0 Å². The van der Waals surface area contributed by atoms with E-state index in [1.807, 2.05) is 6.07 Å². The molecule has 1 N–H and O–H groups in total. The number of hydrogen-bond donors (Lipinski definition) is 1. The highest BCUT2D eigenvalue weighted by molar-refractivity contribution is 5.15. The number of nitrogens with zero attached hydrogens (tertiary/aromatic N) is 3. The Morgan fingerprint density at radius 3 is 2.77 bits per heavy atom. The number of rotatable bonds is 6. The molecule has 22 heavy (non-hydrogen) atoms. The van der Waals surface area contributed by atoms with Crippen LogP contribution in [0.1, 0.15) is 42.4 Å². The number of hydrogen-bond acceptors (Lipinski definition) is 4. The highest BCUT2D eigenvalue weighted by Crippen LogP contribution is 2.23. The van der Waals surface area contributed by atoms with Crippen LogP contribution in [0.4, 0.5) is 0 Å². The molecular weight excluding hydrogens is 276 g/mol. The molecule has 1 aliphatic heterocycles. The summed E-state index contributed by atoms with van der Waals surface area (Å²) in [5.41, 5.74) is 1.26. The van der Waals surface area contributed by atoms with Crippen LogP contribution in [0.3, 0.4) is 0 Å². The van der Waals surface area contributed by atoms with Crippen molar-refractivity contribution in [2.24, 2.45) is 0 Å². The quantitative estimate of drug-likeness (QED) is 0.887. The van der Waals surface area contributed by atoms with Gasteiger partial charge in [-0.2, -0.15) is 5.10 Å². The van der Waals surface area contributed by atoms with Crippen LogP contribution in [0.5, 0.6) is 0 Å². The minimum Gasteiger partial charge on any atom is -0.381 e. The van der Waals surface area contributed by atoms with Crippen LogP contribution >= 0.6 is 0 Å². The van der Waals surface area contributed by atoms with Crippen LogP contribution in [0.15, 0.2) is 30.3 Å². The molecule has 5 heteroatoms. The van der Waals surface area contributed by atoms with Gasteiger partial charge in [-0.05, 0) is 24.8 Å². The first-order valence-electron chi connectivity index (χ1n) is 8.17. The molecule has 0 amide bonds. The second-order valence-electron chi connectivity index (χ2n) is 6.25. The second kappa shape index (κ2) is 6.18. The Kier molecular flexibility index (Phi) is 3.91. The largest absolute Gasteiger partial charge is 0.381 e. The lowest BCUT2D eigenvalue weighted by molar-refractivity contribution is 0.193. The van der Waals surface area contributed by atoms with Crippen molar-refractivity contribution in [1.82, 2.24) is 20.1 Å². The first kappa shape index (κ1) is 13.9. The van der Waals surface area contributed by atoms with Gasteiger partial charge in [0.15, 0.2) is 5.82 Å². The maximum absolute atomic E-state index is 5.48. The zero-order valence-electron chi connectivity index (χ0n) is 12.7. The molecule has 0 spiro atoms. The molecule has 1 saturated carbocycles. The summed E-state index contributed by atoms with van der Waals surface area (Å²) in [5, 5.41) is 8.32. The predicted octanol–water partition coefficient (Wildman–Crippen LogP) is 2.08. The van der Waals surface area contributed by atoms with Crippen LogP contribution in [-0.4, -0.2) is 34.0 Å². The van der Waals surface area contributed by atoms with E-state index in [1.165, 1.54) is 18.4 Å². The van der Waals surface area contributed by atoms with E-state index in [9.17, 15) is 0 Å². The summed E-state index contributed by atoms with van der Waals surface area (Å²) < 4.78 is 7.54. The molecule has 2 fully saturated rings. The van der Waals surface area contributed by atoms with E-state index in [4.69, 9.17) is 14.8 Å². The molecule has 1 atom stereocenters. The van der Waals surface area contributed by atoms with Crippen molar-refractivity contribution in [1.29, 1.82) is 0 Å². The summed E-state index contributed by atoms with van der Waals surface area (Å²) in [6.45, 7) is 3.17. The molecule has 4 rings (SSSR count). The molecule has 1 aromatic heterocycles. The van der Waals surface area contributed by atoms with Gasteiger partial charge in [-0.3, -0.25) is 0 Å². The van der Waals surface area contributed by atoms with E-state index in [1.54, 1.807) is 0 Å². The van der Waals surface area contributed by atoms with E-state index in [-0.39, 0.29) is 0 Å². The number of benzene rings is 1. The number of nitrogens with one attached hydrogen (secondary N) is 1. The molecule has 116 valence electrons. The molecule has 0 radical (unpaired) electrons. The summed E-state index contributed by atoms with van der Waals surface area (Å²) in [4.78, 5) is 4.80. The van der Waals surface area contributed by atoms with Crippen molar-refractivity contribution in [3.63, 3.8) is 0 Å². The highest BCUT2D eigenvalue weighted by Gasteiger charge is 2.25. The van der Waals surface area contributed by atoms with Crippen molar-refractivity contribution in [3.05, 3.63) is 47.5 Å². The van der Waals surface area contributed by atoms with E-state index in [0.29, 0.717) is 12.0 Å². The molecule has 2 heterocycles.